The fraction of sp³-hybridized carbons (Fsp3) is 0.182. The van der Waals surface area contributed by atoms with Gasteiger partial charge in [-0.05, 0) is 36.6 Å². The van der Waals surface area contributed by atoms with E-state index in [4.69, 9.17) is 10.7 Å². The van der Waals surface area contributed by atoms with Gasteiger partial charge in [0.25, 0.3) is 0 Å². The molecule has 0 saturated carbocycles. The number of H-pyrrole nitrogens is 1. The van der Waals surface area contributed by atoms with E-state index in [-0.39, 0.29) is 12.5 Å². The van der Waals surface area contributed by atoms with Crippen molar-refractivity contribution < 1.29 is 4.79 Å². The zero-order valence-corrected chi connectivity index (χ0v) is 15.5. The summed E-state index contributed by atoms with van der Waals surface area (Å²) in [6.07, 6.45) is 3.78. The highest BCUT2D eigenvalue weighted by Crippen LogP contribution is 2.29. The SMILES string of the molecule is Cc1ccc(-c2ccc(-c3nc4c([nH]3)CN(CC(N)=O)C=C4)c(C)c2)cc1. The summed E-state index contributed by atoms with van der Waals surface area (Å²) in [4.78, 5) is 21.1. The molecule has 0 saturated heterocycles. The summed E-state index contributed by atoms with van der Waals surface area (Å²) >= 11 is 0. The molecule has 0 atom stereocenters. The predicted molar refractivity (Wildman–Crippen MR) is 108 cm³/mol. The average Bonchev–Trinajstić information content (AvgIpc) is 3.04. The van der Waals surface area contributed by atoms with Crippen LogP contribution in [0, 0.1) is 13.8 Å². The molecule has 1 aromatic heterocycles. The van der Waals surface area contributed by atoms with Crippen LogP contribution in [-0.4, -0.2) is 27.3 Å². The van der Waals surface area contributed by atoms with Crippen LogP contribution in [-0.2, 0) is 11.3 Å². The number of carbonyl (C=O) groups is 1. The molecule has 27 heavy (non-hydrogen) atoms. The van der Waals surface area contributed by atoms with Crippen LogP contribution in [0.4, 0.5) is 0 Å². The first-order chi connectivity index (χ1) is 13.0. The molecule has 3 N–H and O–H groups in total. The molecule has 136 valence electrons. The van der Waals surface area contributed by atoms with Gasteiger partial charge in [0.15, 0.2) is 0 Å². The van der Waals surface area contributed by atoms with Gasteiger partial charge in [-0.25, -0.2) is 4.98 Å². The highest BCUT2D eigenvalue weighted by molar-refractivity contribution is 5.76. The molecule has 0 unspecified atom stereocenters. The molecule has 5 heteroatoms. The maximum Gasteiger partial charge on any atom is 0.236 e. The third-order valence-corrected chi connectivity index (χ3v) is 4.84. The molecule has 1 amide bonds. The molecule has 0 radical (unpaired) electrons. The summed E-state index contributed by atoms with van der Waals surface area (Å²) in [6, 6.07) is 15.0. The Kier molecular flexibility index (Phi) is 4.28. The fourth-order valence-electron chi connectivity index (χ4n) is 3.40. The normalized spacial score (nSPS) is 12.9. The summed E-state index contributed by atoms with van der Waals surface area (Å²) in [5, 5.41) is 0. The van der Waals surface area contributed by atoms with Crippen LogP contribution in [0.5, 0.6) is 0 Å². The number of aromatic nitrogens is 2. The molecule has 1 aliphatic heterocycles. The fourth-order valence-corrected chi connectivity index (χ4v) is 3.40. The first kappa shape index (κ1) is 17.1. The van der Waals surface area contributed by atoms with Crippen LogP contribution in [0.3, 0.4) is 0 Å². The van der Waals surface area contributed by atoms with E-state index in [0.717, 1.165) is 28.3 Å². The first-order valence-electron chi connectivity index (χ1n) is 8.97. The van der Waals surface area contributed by atoms with Gasteiger partial charge in [-0.3, -0.25) is 4.79 Å². The number of hydrogen-bond donors (Lipinski definition) is 2. The van der Waals surface area contributed by atoms with Crippen molar-refractivity contribution in [1.82, 2.24) is 14.9 Å². The summed E-state index contributed by atoms with van der Waals surface area (Å²) in [7, 11) is 0. The van der Waals surface area contributed by atoms with Gasteiger partial charge in [0.1, 0.15) is 5.82 Å². The Balaban J connectivity index is 1.62. The third kappa shape index (κ3) is 3.49. The molecule has 0 spiro atoms. The second kappa shape index (κ2) is 6.76. The number of rotatable bonds is 4. The van der Waals surface area contributed by atoms with Crippen LogP contribution in [0.25, 0.3) is 28.6 Å². The molecular formula is C22H22N4O. The Morgan fingerprint density at radius 1 is 1.15 bits per heavy atom. The summed E-state index contributed by atoms with van der Waals surface area (Å²) in [5.41, 5.74) is 13.1. The number of aromatic amines is 1. The maximum absolute atomic E-state index is 11.1. The number of benzene rings is 2. The molecule has 5 nitrogen and oxygen atoms in total. The number of primary amides is 1. The number of imidazole rings is 1. The van der Waals surface area contributed by atoms with Gasteiger partial charge < -0.3 is 15.6 Å². The molecule has 0 fully saturated rings. The Morgan fingerprint density at radius 3 is 2.59 bits per heavy atom. The van der Waals surface area contributed by atoms with E-state index in [1.807, 2.05) is 17.2 Å². The maximum atomic E-state index is 11.1. The Bertz CT molecular complexity index is 1030. The zero-order chi connectivity index (χ0) is 19.0. The van der Waals surface area contributed by atoms with Gasteiger partial charge in [0, 0.05) is 11.8 Å². The number of nitrogens with one attached hydrogen (secondary N) is 1. The van der Waals surface area contributed by atoms with Crippen molar-refractivity contribution in [1.29, 1.82) is 0 Å². The van der Waals surface area contributed by atoms with Gasteiger partial charge >= 0.3 is 0 Å². The van der Waals surface area contributed by atoms with Crippen molar-refractivity contribution in [3.63, 3.8) is 0 Å². The first-order valence-corrected chi connectivity index (χ1v) is 8.97. The second-order valence-corrected chi connectivity index (χ2v) is 7.03. The van der Waals surface area contributed by atoms with Crippen molar-refractivity contribution in [3.05, 3.63) is 71.2 Å². The highest BCUT2D eigenvalue weighted by Gasteiger charge is 2.18. The lowest BCUT2D eigenvalue weighted by Crippen LogP contribution is -2.30. The van der Waals surface area contributed by atoms with Crippen LogP contribution in [0.15, 0.2) is 48.7 Å². The van der Waals surface area contributed by atoms with Crippen molar-refractivity contribution in [2.24, 2.45) is 5.73 Å². The highest BCUT2D eigenvalue weighted by atomic mass is 16.1. The van der Waals surface area contributed by atoms with Crippen LogP contribution in [0.1, 0.15) is 22.5 Å². The minimum atomic E-state index is -0.342. The summed E-state index contributed by atoms with van der Waals surface area (Å²) in [6.45, 7) is 5.00. The van der Waals surface area contributed by atoms with E-state index in [1.54, 1.807) is 0 Å². The molecule has 2 heterocycles. The van der Waals surface area contributed by atoms with E-state index in [1.165, 1.54) is 16.7 Å². The van der Waals surface area contributed by atoms with E-state index >= 15 is 0 Å². The lowest BCUT2D eigenvalue weighted by molar-refractivity contribution is -0.118. The van der Waals surface area contributed by atoms with Gasteiger partial charge in [0.05, 0.1) is 24.5 Å². The molecular weight excluding hydrogens is 336 g/mol. The van der Waals surface area contributed by atoms with E-state index in [2.05, 4.69) is 61.3 Å². The van der Waals surface area contributed by atoms with Gasteiger partial charge in [0.2, 0.25) is 5.91 Å². The molecule has 0 bridgehead atoms. The minimum Gasteiger partial charge on any atom is -0.368 e. The third-order valence-electron chi connectivity index (χ3n) is 4.84. The Labute approximate surface area is 158 Å². The summed E-state index contributed by atoms with van der Waals surface area (Å²) in [5.74, 6) is 0.504. The number of hydrogen-bond acceptors (Lipinski definition) is 3. The second-order valence-electron chi connectivity index (χ2n) is 7.03. The zero-order valence-electron chi connectivity index (χ0n) is 15.5. The standard InChI is InChI=1S/C22H22N4O/c1-14-3-5-16(6-4-14)17-7-8-18(15(2)11-17)22-24-19-9-10-26(13-21(23)27)12-20(19)25-22/h3-11H,12-13H2,1-2H3,(H2,23,27)(H,24,25). The quantitative estimate of drug-likeness (QED) is 0.748. The number of aryl methyl sites for hydroxylation is 2. The minimum absolute atomic E-state index is 0.203. The number of carbonyl (C=O) groups excluding carboxylic acids is 1. The number of nitrogens with zero attached hydrogens (tertiary/aromatic N) is 2. The Hall–Kier alpha value is -3.34. The van der Waals surface area contributed by atoms with Gasteiger partial charge in [-0.1, -0.05) is 48.0 Å². The molecule has 3 aromatic rings. The molecule has 1 aliphatic rings. The number of nitrogens with two attached hydrogens (primary N) is 1. The van der Waals surface area contributed by atoms with E-state index < -0.39 is 0 Å². The largest absolute Gasteiger partial charge is 0.368 e. The predicted octanol–water partition coefficient (Wildman–Crippen LogP) is 3.63. The van der Waals surface area contributed by atoms with Crippen LogP contribution < -0.4 is 5.73 Å². The summed E-state index contributed by atoms with van der Waals surface area (Å²) < 4.78 is 0. The van der Waals surface area contributed by atoms with Crippen molar-refractivity contribution in [2.45, 2.75) is 20.4 Å². The molecule has 0 aliphatic carbocycles. The molecule has 4 rings (SSSR count). The molecule has 2 aromatic carbocycles. The van der Waals surface area contributed by atoms with Gasteiger partial charge in [-0.15, -0.1) is 0 Å². The van der Waals surface area contributed by atoms with Gasteiger partial charge in [-0.2, -0.15) is 0 Å². The van der Waals surface area contributed by atoms with E-state index in [9.17, 15) is 4.79 Å². The smallest absolute Gasteiger partial charge is 0.236 e. The average molecular weight is 358 g/mol. The monoisotopic (exact) mass is 358 g/mol. The van der Waals surface area contributed by atoms with Crippen LogP contribution in [0.2, 0.25) is 0 Å². The van der Waals surface area contributed by atoms with E-state index in [0.29, 0.717) is 6.54 Å². The van der Waals surface area contributed by atoms with Crippen molar-refractivity contribution in [2.75, 3.05) is 6.54 Å². The topological polar surface area (TPSA) is 75.0 Å². The number of fused-ring (bicyclic) bond motifs is 1. The van der Waals surface area contributed by atoms with Crippen molar-refractivity contribution >= 4 is 12.0 Å². The lowest BCUT2D eigenvalue weighted by atomic mass is 9.99. The van der Waals surface area contributed by atoms with Crippen molar-refractivity contribution in [3.8, 4) is 22.5 Å². The Morgan fingerprint density at radius 2 is 1.89 bits per heavy atom. The van der Waals surface area contributed by atoms with Crippen LogP contribution >= 0.6 is 0 Å². The lowest BCUT2D eigenvalue weighted by Gasteiger charge is -2.20. The number of amides is 1.